The number of carbonyl (C=O) groups is 1. The lowest BCUT2D eigenvalue weighted by atomic mass is 10.2. The van der Waals surface area contributed by atoms with Crippen molar-refractivity contribution in [1.29, 1.82) is 0 Å². The van der Waals surface area contributed by atoms with Gasteiger partial charge in [-0.05, 0) is 24.3 Å². The van der Waals surface area contributed by atoms with Gasteiger partial charge in [-0.3, -0.25) is 9.78 Å². The van der Waals surface area contributed by atoms with Crippen LogP contribution in [0.3, 0.4) is 0 Å². The third-order valence-corrected chi connectivity index (χ3v) is 2.92. The van der Waals surface area contributed by atoms with E-state index in [2.05, 4.69) is 4.98 Å². The molecule has 0 fully saturated rings. The Morgan fingerprint density at radius 1 is 1.29 bits per heavy atom. The second-order valence-corrected chi connectivity index (χ2v) is 4.36. The van der Waals surface area contributed by atoms with Crippen molar-refractivity contribution in [2.45, 2.75) is 0 Å². The van der Waals surface area contributed by atoms with Crippen molar-refractivity contribution in [3.8, 4) is 0 Å². The summed E-state index contributed by atoms with van der Waals surface area (Å²) < 4.78 is 0.615. The van der Waals surface area contributed by atoms with Crippen molar-refractivity contribution in [1.82, 2.24) is 4.98 Å². The van der Waals surface area contributed by atoms with Crippen LogP contribution in [0.1, 0.15) is 15.4 Å². The van der Waals surface area contributed by atoms with E-state index in [-0.39, 0.29) is 5.78 Å². The highest BCUT2D eigenvalue weighted by molar-refractivity contribution is 7.18. The molecule has 0 amide bonds. The van der Waals surface area contributed by atoms with Crippen LogP contribution in [0.2, 0.25) is 4.34 Å². The van der Waals surface area contributed by atoms with E-state index in [0.717, 1.165) is 0 Å². The van der Waals surface area contributed by atoms with Crippen molar-refractivity contribution < 1.29 is 4.79 Å². The van der Waals surface area contributed by atoms with Crippen molar-refractivity contribution >= 4 is 28.7 Å². The summed E-state index contributed by atoms with van der Waals surface area (Å²) in [6, 6.07) is 8.68. The topological polar surface area (TPSA) is 30.0 Å². The third-order valence-electron chi connectivity index (χ3n) is 1.69. The Balaban J connectivity index is 2.34. The van der Waals surface area contributed by atoms with E-state index in [1.54, 1.807) is 36.5 Å². The van der Waals surface area contributed by atoms with Crippen LogP contribution in [0.15, 0.2) is 36.5 Å². The summed E-state index contributed by atoms with van der Waals surface area (Å²) in [7, 11) is 0. The Morgan fingerprint density at radius 3 is 2.71 bits per heavy atom. The molecule has 2 aromatic heterocycles. The molecule has 0 saturated carbocycles. The van der Waals surface area contributed by atoms with E-state index in [1.807, 2.05) is 0 Å². The lowest BCUT2D eigenvalue weighted by Crippen LogP contribution is -2.00. The zero-order chi connectivity index (χ0) is 9.97. The van der Waals surface area contributed by atoms with Crippen LogP contribution in [-0.2, 0) is 0 Å². The quantitative estimate of drug-likeness (QED) is 0.733. The molecule has 70 valence electrons. The molecule has 0 spiro atoms. The maximum absolute atomic E-state index is 11.7. The van der Waals surface area contributed by atoms with Crippen LogP contribution >= 0.6 is 22.9 Å². The summed E-state index contributed by atoms with van der Waals surface area (Å²) in [4.78, 5) is 16.3. The minimum absolute atomic E-state index is 0.0810. The first-order valence-electron chi connectivity index (χ1n) is 3.98. The first-order chi connectivity index (χ1) is 6.77. The monoisotopic (exact) mass is 223 g/mol. The van der Waals surface area contributed by atoms with E-state index in [9.17, 15) is 4.79 Å². The maximum atomic E-state index is 11.7. The minimum Gasteiger partial charge on any atom is -0.286 e. The summed E-state index contributed by atoms with van der Waals surface area (Å²) >= 11 is 7.00. The fraction of sp³-hybridized carbons (Fsp3) is 0. The molecule has 4 heteroatoms. The van der Waals surface area contributed by atoms with E-state index in [0.29, 0.717) is 14.9 Å². The Labute approximate surface area is 90.2 Å². The SMILES string of the molecule is O=C(c1ccccn1)c1ccc(Cl)s1. The number of pyridine rings is 1. The standard InChI is InChI=1S/C10H6ClNOS/c11-9-5-4-8(14-9)10(13)7-3-1-2-6-12-7/h1-6H. The molecular weight excluding hydrogens is 218 g/mol. The lowest BCUT2D eigenvalue weighted by Gasteiger charge is -1.94. The largest absolute Gasteiger partial charge is 0.286 e. The van der Waals surface area contributed by atoms with Gasteiger partial charge in [0.25, 0.3) is 0 Å². The van der Waals surface area contributed by atoms with Gasteiger partial charge in [0.05, 0.1) is 9.21 Å². The smallest absolute Gasteiger partial charge is 0.221 e. The number of carbonyl (C=O) groups excluding carboxylic acids is 1. The van der Waals surface area contributed by atoms with Gasteiger partial charge in [-0.25, -0.2) is 0 Å². The van der Waals surface area contributed by atoms with Gasteiger partial charge < -0.3 is 0 Å². The summed E-state index contributed by atoms with van der Waals surface area (Å²) in [6.07, 6.45) is 1.60. The summed E-state index contributed by atoms with van der Waals surface area (Å²) in [5.74, 6) is -0.0810. The molecule has 0 aromatic carbocycles. The number of hydrogen-bond acceptors (Lipinski definition) is 3. The summed E-state index contributed by atoms with van der Waals surface area (Å²) in [5, 5.41) is 0. The Kier molecular flexibility index (Phi) is 2.61. The first-order valence-corrected chi connectivity index (χ1v) is 5.18. The summed E-state index contributed by atoms with van der Waals surface area (Å²) in [6.45, 7) is 0. The number of hydrogen-bond donors (Lipinski definition) is 0. The number of aromatic nitrogens is 1. The lowest BCUT2D eigenvalue weighted by molar-refractivity contribution is 0.103. The van der Waals surface area contributed by atoms with Gasteiger partial charge in [0.1, 0.15) is 5.69 Å². The number of nitrogens with zero attached hydrogens (tertiary/aromatic N) is 1. The Hall–Kier alpha value is -1.19. The second kappa shape index (κ2) is 3.90. The van der Waals surface area contributed by atoms with Crippen LogP contribution in [-0.4, -0.2) is 10.8 Å². The van der Waals surface area contributed by atoms with E-state index < -0.39 is 0 Å². The molecule has 0 N–H and O–H groups in total. The minimum atomic E-state index is -0.0810. The molecule has 0 radical (unpaired) electrons. The highest BCUT2D eigenvalue weighted by atomic mass is 35.5. The highest BCUT2D eigenvalue weighted by Gasteiger charge is 2.11. The second-order valence-electron chi connectivity index (χ2n) is 2.65. The first kappa shape index (κ1) is 9.37. The van der Waals surface area contributed by atoms with E-state index >= 15 is 0 Å². The van der Waals surface area contributed by atoms with Gasteiger partial charge in [0, 0.05) is 6.20 Å². The van der Waals surface area contributed by atoms with Gasteiger partial charge in [-0.1, -0.05) is 17.7 Å². The highest BCUT2D eigenvalue weighted by Crippen LogP contribution is 2.23. The third kappa shape index (κ3) is 1.84. The molecular formula is C10H6ClNOS. The maximum Gasteiger partial charge on any atom is 0.221 e. The van der Waals surface area contributed by atoms with Crippen LogP contribution in [0.4, 0.5) is 0 Å². The molecule has 0 atom stereocenters. The average molecular weight is 224 g/mol. The number of ketones is 1. The molecule has 2 heterocycles. The molecule has 0 bridgehead atoms. The number of halogens is 1. The Bertz CT molecular complexity index is 452. The molecule has 2 rings (SSSR count). The van der Waals surface area contributed by atoms with Gasteiger partial charge in [0.2, 0.25) is 5.78 Å². The van der Waals surface area contributed by atoms with Gasteiger partial charge in [0.15, 0.2) is 0 Å². The summed E-state index contributed by atoms with van der Waals surface area (Å²) in [5.41, 5.74) is 0.450. The molecule has 0 aliphatic rings. The van der Waals surface area contributed by atoms with Crippen molar-refractivity contribution in [2.24, 2.45) is 0 Å². The van der Waals surface area contributed by atoms with Crippen LogP contribution in [0.25, 0.3) is 0 Å². The van der Waals surface area contributed by atoms with E-state index in [4.69, 9.17) is 11.6 Å². The fourth-order valence-electron chi connectivity index (χ4n) is 1.06. The number of thiophene rings is 1. The zero-order valence-corrected chi connectivity index (χ0v) is 8.68. The van der Waals surface area contributed by atoms with Crippen LogP contribution in [0.5, 0.6) is 0 Å². The molecule has 2 aromatic rings. The normalized spacial score (nSPS) is 10.1. The predicted molar refractivity (Wildman–Crippen MR) is 57.0 cm³/mol. The van der Waals surface area contributed by atoms with Gasteiger partial charge in [-0.15, -0.1) is 11.3 Å². The van der Waals surface area contributed by atoms with Crippen molar-refractivity contribution in [3.05, 3.63) is 51.4 Å². The molecule has 0 unspecified atom stereocenters. The zero-order valence-electron chi connectivity index (χ0n) is 7.11. The molecule has 0 aliphatic heterocycles. The molecule has 0 saturated heterocycles. The number of rotatable bonds is 2. The van der Waals surface area contributed by atoms with Crippen molar-refractivity contribution in [2.75, 3.05) is 0 Å². The molecule has 2 nitrogen and oxygen atoms in total. The fourth-order valence-corrected chi connectivity index (χ4v) is 2.05. The van der Waals surface area contributed by atoms with Crippen molar-refractivity contribution in [3.63, 3.8) is 0 Å². The van der Waals surface area contributed by atoms with Crippen LogP contribution in [0, 0.1) is 0 Å². The Morgan fingerprint density at radius 2 is 2.14 bits per heavy atom. The average Bonchev–Trinajstić information content (AvgIpc) is 2.65. The molecule has 0 aliphatic carbocycles. The van der Waals surface area contributed by atoms with Crippen LogP contribution < -0.4 is 0 Å². The van der Waals surface area contributed by atoms with E-state index in [1.165, 1.54) is 11.3 Å². The predicted octanol–water partition coefficient (Wildman–Crippen LogP) is 3.03. The van der Waals surface area contributed by atoms with Gasteiger partial charge in [-0.2, -0.15) is 0 Å². The molecule has 14 heavy (non-hydrogen) atoms. The van der Waals surface area contributed by atoms with Gasteiger partial charge >= 0.3 is 0 Å².